The highest BCUT2D eigenvalue weighted by Crippen LogP contribution is 2.31. The third-order valence-corrected chi connectivity index (χ3v) is 3.16. The zero-order chi connectivity index (χ0) is 12.3. The van der Waals surface area contributed by atoms with E-state index in [1.54, 1.807) is 0 Å². The molecule has 0 amide bonds. The molecular weight excluding hydrogens is 288 g/mol. The van der Waals surface area contributed by atoms with Crippen LogP contribution in [-0.4, -0.2) is 11.7 Å². The molecule has 0 radical (unpaired) electrons. The zero-order valence-electron chi connectivity index (χ0n) is 9.72. The Kier molecular flexibility index (Phi) is 4.39. The molecule has 1 aromatic rings. The minimum Gasteiger partial charge on any atom is -0.386 e. The van der Waals surface area contributed by atoms with Crippen molar-refractivity contribution < 1.29 is 0 Å². The molecule has 2 nitrogen and oxygen atoms in total. The normalized spacial score (nSPS) is 12.9. The summed E-state index contributed by atoms with van der Waals surface area (Å²) in [5, 5.41) is 0. The Bertz CT molecular complexity index is 408. The van der Waals surface area contributed by atoms with Crippen molar-refractivity contribution in [2.75, 3.05) is 5.88 Å². The van der Waals surface area contributed by atoms with E-state index in [0.29, 0.717) is 5.84 Å². The first kappa shape index (κ1) is 13.5. The average molecular weight is 304 g/mol. The third-order valence-electron chi connectivity index (χ3n) is 2.21. The van der Waals surface area contributed by atoms with Crippen molar-refractivity contribution in [3.8, 4) is 0 Å². The Morgan fingerprint density at radius 2 is 2.06 bits per heavy atom. The van der Waals surface area contributed by atoms with Gasteiger partial charge >= 0.3 is 0 Å². The molecule has 16 heavy (non-hydrogen) atoms. The highest BCUT2D eigenvalue weighted by Gasteiger charge is 2.14. The van der Waals surface area contributed by atoms with E-state index in [4.69, 9.17) is 17.3 Å². The van der Waals surface area contributed by atoms with Gasteiger partial charge in [0.25, 0.3) is 0 Å². The van der Waals surface area contributed by atoms with E-state index in [0.717, 1.165) is 10.2 Å². The molecule has 0 aliphatic rings. The first-order chi connectivity index (χ1) is 7.34. The van der Waals surface area contributed by atoms with E-state index < -0.39 is 0 Å². The molecule has 0 fully saturated rings. The maximum Gasteiger partial charge on any atom is 0.115 e. The summed E-state index contributed by atoms with van der Waals surface area (Å²) in [6.45, 7) is 6.48. The summed E-state index contributed by atoms with van der Waals surface area (Å²) in [4.78, 5) is 4.27. The predicted octanol–water partition coefficient (Wildman–Crippen LogP) is 3.97. The van der Waals surface area contributed by atoms with Gasteiger partial charge in [-0.05, 0) is 39.0 Å². The highest BCUT2D eigenvalue weighted by molar-refractivity contribution is 9.10. The van der Waals surface area contributed by atoms with Gasteiger partial charge in [0.15, 0.2) is 0 Å². The molecule has 1 aromatic carbocycles. The molecule has 4 heteroatoms. The third kappa shape index (κ3) is 3.49. The number of alkyl halides is 1. The number of halogens is 2. The lowest BCUT2D eigenvalue weighted by molar-refractivity contribution is 0.590. The van der Waals surface area contributed by atoms with Crippen molar-refractivity contribution >= 4 is 39.1 Å². The first-order valence-corrected chi connectivity index (χ1v) is 6.36. The monoisotopic (exact) mass is 302 g/mol. The number of amidine groups is 1. The number of rotatable bonds is 2. The Balaban J connectivity index is 3.19. The Morgan fingerprint density at radius 1 is 1.44 bits per heavy atom. The Morgan fingerprint density at radius 3 is 2.56 bits per heavy atom. The summed E-state index contributed by atoms with van der Waals surface area (Å²) in [5.74, 6) is 0.667. The molecule has 0 atom stereocenters. The van der Waals surface area contributed by atoms with Crippen molar-refractivity contribution in [3.63, 3.8) is 0 Å². The van der Waals surface area contributed by atoms with E-state index in [1.165, 1.54) is 5.56 Å². The number of hydrogen-bond donors (Lipinski definition) is 1. The number of nitrogens with zero attached hydrogens (tertiary/aromatic N) is 1. The Labute approximate surface area is 110 Å². The van der Waals surface area contributed by atoms with Crippen molar-refractivity contribution in [1.82, 2.24) is 0 Å². The summed E-state index contributed by atoms with van der Waals surface area (Å²) < 4.78 is 0.925. The van der Waals surface area contributed by atoms with Crippen LogP contribution in [0.2, 0.25) is 0 Å². The van der Waals surface area contributed by atoms with Gasteiger partial charge in [-0.15, -0.1) is 11.6 Å². The van der Waals surface area contributed by atoms with E-state index in [-0.39, 0.29) is 11.3 Å². The Hall–Kier alpha value is -0.540. The van der Waals surface area contributed by atoms with Crippen LogP contribution < -0.4 is 5.73 Å². The molecule has 1 rings (SSSR count). The zero-order valence-corrected chi connectivity index (χ0v) is 12.1. The average Bonchev–Trinajstić information content (AvgIpc) is 2.19. The largest absolute Gasteiger partial charge is 0.386 e. The van der Waals surface area contributed by atoms with Crippen LogP contribution in [0, 0.1) is 0 Å². The standard InChI is InChI=1S/C12H16BrClN2/c1-12(2,3)8-4-5-9(13)10(6-8)16-11(15)7-14/h4-6H,7H2,1-3H3,(H2,15,16). The van der Waals surface area contributed by atoms with Crippen LogP contribution in [-0.2, 0) is 5.41 Å². The van der Waals surface area contributed by atoms with Gasteiger partial charge in [-0.2, -0.15) is 0 Å². The van der Waals surface area contributed by atoms with Gasteiger partial charge in [-0.3, -0.25) is 0 Å². The van der Waals surface area contributed by atoms with Gasteiger partial charge in [0.2, 0.25) is 0 Å². The van der Waals surface area contributed by atoms with Crippen LogP contribution in [0.1, 0.15) is 26.3 Å². The van der Waals surface area contributed by atoms with Crippen molar-refractivity contribution in [2.45, 2.75) is 26.2 Å². The number of hydrogen-bond acceptors (Lipinski definition) is 1. The molecule has 0 heterocycles. The second-order valence-corrected chi connectivity index (χ2v) is 5.77. The van der Waals surface area contributed by atoms with Crippen LogP contribution in [0.15, 0.2) is 27.7 Å². The molecule has 0 bridgehead atoms. The second kappa shape index (κ2) is 5.19. The smallest absolute Gasteiger partial charge is 0.115 e. The number of aliphatic imine (C=N–C) groups is 1. The van der Waals surface area contributed by atoms with E-state index in [9.17, 15) is 0 Å². The maximum absolute atomic E-state index is 5.63. The quantitative estimate of drug-likeness (QED) is 0.501. The van der Waals surface area contributed by atoms with Crippen molar-refractivity contribution in [2.24, 2.45) is 10.7 Å². The van der Waals surface area contributed by atoms with Crippen molar-refractivity contribution in [3.05, 3.63) is 28.2 Å². The molecular formula is C12H16BrClN2. The van der Waals surface area contributed by atoms with Gasteiger partial charge in [-0.25, -0.2) is 4.99 Å². The number of nitrogens with two attached hydrogens (primary N) is 1. The van der Waals surface area contributed by atoms with Crippen LogP contribution in [0.3, 0.4) is 0 Å². The summed E-state index contributed by atoms with van der Waals surface area (Å²) in [6.07, 6.45) is 0. The maximum atomic E-state index is 5.63. The molecule has 0 unspecified atom stereocenters. The van der Waals surface area contributed by atoms with Gasteiger partial charge in [0.05, 0.1) is 11.6 Å². The first-order valence-electron chi connectivity index (χ1n) is 5.03. The molecule has 88 valence electrons. The molecule has 0 saturated heterocycles. The minimum absolute atomic E-state index is 0.0979. The van der Waals surface area contributed by atoms with E-state index in [2.05, 4.69) is 47.8 Å². The van der Waals surface area contributed by atoms with Crippen LogP contribution >= 0.6 is 27.5 Å². The second-order valence-electron chi connectivity index (χ2n) is 4.65. The van der Waals surface area contributed by atoms with Crippen molar-refractivity contribution in [1.29, 1.82) is 0 Å². The SMILES string of the molecule is CC(C)(C)c1ccc(Br)c(N=C(N)CCl)c1. The predicted molar refractivity (Wildman–Crippen MR) is 74.8 cm³/mol. The van der Waals surface area contributed by atoms with E-state index >= 15 is 0 Å². The van der Waals surface area contributed by atoms with Gasteiger partial charge in [0, 0.05) is 4.47 Å². The molecule has 2 N–H and O–H groups in total. The molecule has 0 aliphatic heterocycles. The topological polar surface area (TPSA) is 38.4 Å². The minimum atomic E-state index is 0.0979. The van der Waals surface area contributed by atoms with Gasteiger partial charge in [-0.1, -0.05) is 26.8 Å². The van der Waals surface area contributed by atoms with Gasteiger partial charge < -0.3 is 5.73 Å². The van der Waals surface area contributed by atoms with Crippen LogP contribution in [0.4, 0.5) is 5.69 Å². The lowest BCUT2D eigenvalue weighted by Gasteiger charge is -2.19. The highest BCUT2D eigenvalue weighted by atomic mass is 79.9. The summed E-state index contributed by atoms with van der Waals surface area (Å²) in [5.41, 5.74) is 7.77. The molecule has 0 spiro atoms. The van der Waals surface area contributed by atoms with Gasteiger partial charge in [0.1, 0.15) is 5.84 Å². The molecule has 0 aromatic heterocycles. The lowest BCUT2D eigenvalue weighted by atomic mass is 9.87. The molecule has 0 saturated carbocycles. The number of benzene rings is 1. The summed E-state index contributed by atoms with van der Waals surface area (Å²) >= 11 is 9.06. The lowest BCUT2D eigenvalue weighted by Crippen LogP contribution is -2.13. The summed E-state index contributed by atoms with van der Waals surface area (Å²) in [6, 6.07) is 6.10. The fourth-order valence-corrected chi connectivity index (χ4v) is 1.64. The summed E-state index contributed by atoms with van der Waals surface area (Å²) in [7, 11) is 0. The molecule has 0 aliphatic carbocycles. The fourth-order valence-electron chi connectivity index (χ4n) is 1.25. The van der Waals surface area contributed by atoms with Crippen LogP contribution in [0.25, 0.3) is 0 Å². The van der Waals surface area contributed by atoms with E-state index in [1.807, 2.05) is 12.1 Å². The van der Waals surface area contributed by atoms with Crippen LogP contribution in [0.5, 0.6) is 0 Å². The fraction of sp³-hybridized carbons (Fsp3) is 0.417.